The van der Waals surface area contributed by atoms with Crippen molar-refractivity contribution in [1.29, 1.82) is 0 Å². The molecule has 0 saturated heterocycles. The van der Waals surface area contributed by atoms with Crippen molar-refractivity contribution < 1.29 is 5.11 Å². The Morgan fingerprint density at radius 2 is 1.92 bits per heavy atom. The number of hydrogen-bond donors (Lipinski definition) is 1. The molecule has 3 saturated carbocycles. The summed E-state index contributed by atoms with van der Waals surface area (Å²) in [5, 5.41) is 10.4. The summed E-state index contributed by atoms with van der Waals surface area (Å²) in [6.07, 6.45) is 6.56. The van der Waals surface area contributed by atoms with Crippen molar-refractivity contribution in [3.05, 3.63) is 0 Å². The predicted molar refractivity (Wildman–Crippen MR) is 52.3 cm³/mol. The summed E-state index contributed by atoms with van der Waals surface area (Å²) in [7, 11) is 0. The van der Waals surface area contributed by atoms with Crippen molar-refractivity contribution in [3.63, 3.8) is 0 Å². The van der Waals surface area contributed by atoms with Gasteiger partial charge in [-0.05, 0) is 62.2 Å². The van der Waals surface area contributed by atoms with Gasteiger partial charge in [-0.25, -0.2) is 0 Å². The molecule has 13 heavy (non-hydrogen) atoms. The van der Waals surface area contributed by atoms with Crippen LogP contribution in [0.2, 0.25) is 0 Å². The van der Waals surface area contributed by atoms with Crippen LogP contribution in [0.1, 0.15) is 46.0 Å². The Morgan fingerprint density at radius 1 is 1.15 bits per heavy atom. The van der Waals surface area contributed by atoms with Crippen LogP contribution < -0.4 is 0 Å². The van der Waals surface area contributed by atoms with Crippen LogP contribution in [0, 0.1) is 23.2 Å². The maximum absolute atomic E-state index is 10.4. The van der Waals surface area contributed by atoms with Crippen molar-refractivity contribution in [2.24, 2.45) is 23.2 Å². The fourth-order valence-corrected chi connectivity index (χ4v) is 4.95. The minimum absolute atomic E-state index is 0.344. The molecule has 74 valence electrons. The molecule has 3 bridgehead atoms. The van der Waals surface area contributed by atoms with Crippen LogP contribution in [0.15, 0.2) is 0 Å². The standard InChI is InChI=1S/C12H20O/c1-11-5-8-3-9(6-11)10(4-8)12(2,13)7-11/h8-10,13H,3-7H2,1-2H3. The minimum atomic E-state index is -0.344. The largest absolute Gasteiger partial charge is 0.390 e. The van der Waals surface area contributed by atoms with Crippen LogP contribution in [-0.4, -0.2) is 10.7 Å². The lowest BCUT2D eigenvalue weighted by Gasteiger charge is -2.49. The van der Waals surface area contributed by atoms with Gasteiger partial charge in [0.05, 0.1) is 5.60 Å². The Kier molecular flexibility index (Phi) is 1.36. The Bertz CT molecular complexity index is 239. The summed E-state index contributed by atoms with van der Waals surface area (Å²) in [5.74, 6) is 2.43. The van der Waals surface area contributed by atoms with Crippen molar-refractivity contribution in [1.82, 2.24) is 0 Å². The highest BCUT2D eigenvalue weighted by Crippen LogP contribution is 2.63. The molecule has 5 unspecified atom stereocenters. The summed E-state index contributed by atoms with van der Waals surface area (Å²) in [6, 6.07) is 0. The summed E-state index contributed by atoms with van der Waals surface area (Å²) < 4.78 is 0. The van der Waals surface area contributed by atoms with E-state index in [0.717, 1.165) is 18.3 Å². The van der Waals surface area contributed by atoms with E-state index in [0.29, 0.717) is 11.3 Å². The molecule has 0 heterocycles. The molecular weight excluding hydrogens is 160 g/mol. The fourth-order valence-electron chi connectivity index (χ4n) is 4.95. The van der Waals surface area contributed by atoms with Crippen LogP contribution >= 0.6 is 0 Å². The topological polar surface area (TPSA) is 20.2 Å². The van der Waals surface area contributed by atoms with Crippen LogP contribution in [0.25, 0.3) is 0 Å². The molecule has 3 rings (SSSR count). The lowest BCUT2D eigenvalue weighted by molar-refractivity contribution is -0.0948. The molecule has 1 nitrogen and oxygen atoms in total. The monoisotopic (exact) mass is 180 g/mol. The first-order valence-electron chi connectivity index (χ1n) is 5.71. The van der Waals surface area contributed by atoms with Gasteiger partial charge in [0.1, 0.15) is 0 Å². The zero-order valence-corrected chi connectivity index (χ0v) is 8.71. The lowest BCUT2D eigenvalue weighted by Crippen LogP contribution is -2.47. The van der Waals surface area contributed by atoms with Crippen molar-refractivity contribution in [2.45, 2.75) is 51.6 Å². The van der Waals surface area contributed by atoms with E-state index in [2.05, 4.69) is 13.8 Å². The highest BCUT2D eigenvalue weighted by atomic mass is 16.3. The molecule has 0 radical (unpaired) electrons. The van der Waals surface area contributed by atoms with Gasteiger partial charge >= 0.3 is 0 Å². The van der Waals surface area contributed by atoms with Gasteiger partial charge in [0.15, 0.2) is 0 Å². The molecule has 3 fully saturated rings. The third-order valence-corrected chi connectivity index (χ3v) is 4.91. The summed E-state index contributed by atoms with van der Waals surface area (Å²) in [5.41, 5.74) is 0.132. The van der Waals surface area contributed by atoms with E-state index >= 15 is 0 Å². The van der Waals surface area contributed by atoms with Gasteiger partial charge < -0.3 is 5.11 Å². The summed E-state index contributed by atoms with van der Waals surface area (Å²) in [4.78, 5) is 0. The van der Waals surface area contributed by atoms with Crippen molar-refractivity contribution >= 4 is 0 Å². The second kappa shape index (κ2) is 2.13. The number of hydrogen-bond acceptors (Lipinski definition) is 1. The molecule has 0 amide bonds. The van der Waals surface area contributed by atoms with E-state index in [-0.39, 0.29) is 5.60 Å². The van der Waals surface area contributed by atoms with Crippen LogP contribution in [0.3, 0.4) is 0 Å². The zero-order chi connectivity index (χ0) is 9.27. The van der Waals surface area contributed by atoms with E-state index in [9.17, 15) is 5.11 Å². The van der Waals surface area contributed by atoms with Gasteiger partial charge in [-0.1, -0.05) is 6.92 Å². The van der Waals surface area contributed by atoms with Gasteiger partial charge in [-0.15, -0.1) is 0 Å². The third-order valence-electron chi connectivity index (χ3n) is 4.91. The van der Waals surface area contributed by atoms with E-state index in [1.807, 2.05) is 0 Å². The van der Waals surface area contributed by atoms with E-state index in [4.69, 9.17) is 0 Å². The van der Waals surface area contributed by atoms with Gasteiger partial charge in [0.2, 0.25) is 0 Å². The molecule has 5 atom stereocenters. The van der Waals surface area contributed by atoms with Gasteiger partial charge in [-0.2, -0.15) is 0 Å². The smallest absolute Gasteiger partial charge is 0.0655 e. The normalized spacial score (nSPS) is 64.4. The summed E-state index contributed by atoms with van der Waals surface area (Å²) >= 11 is 0. The first kappa shape index (κ1) is 8.28. The molecule has 0 aliphatic heterocycles. The lowest BCUT2D eigenvalue weighted by atomic mass is 9.58. The molecule has 3 aliphatic carbocycles. The van der Waals surface area contributed by atoms with E-state index < -0.39 is 0 Å². The molecule has 3 aliphatic rings. The van der Waals surface area contributed by atoms with Crippen molar-refractivity contribution in [3.8, 4) is 0 Å². The molecule has 1 N–H and O–H groups in total. The molecule has 0 aromatic carbocycles. The molecule has 0 aromatic heterocycles. The molecule has 0 spiro atoms. The number of aliphatic hydroxyl groups is 1. The SMILES string of the molecule is CC12CC3CC(C1)C(C3)C(C)(O)C2. The second-order valence-corrected chi connectivity index (χ2v) is 6.46. The minimum Gasteiger partial charge on any atom is -0.390 e. The van der Waals surface area contributed by atoms with E-state index in [1.165, 1.54) is 25.7 Å². The fraction of sp³-hybridized carbons (Fsp3) is 1.00. The third kappa shape index (κ3) is 1.03. The van der Waals surface area contributed by atoms with Crippen LogP contribution in [0.4, 0.5) is 0 Å². The highest BCUT2D eigenvalue weighted by molar-refractivity contribution is 5.08. The van der Waals surface area contributed by atoms with Crippen molar-refractivity contribution in [2.75, 3.05) is 0 Å². The second-order valence-electron chi connectivity index (χ2n) is 6.46. The Balaban J connectivity index is 2.03. The maximum atomic E-state index is 10.4. The highest BCUT2D eigenvalue weighted by Gasteiger charge is 2.57. The number of rotatable bonds is 0. The Hall–Kier alpha value is -0.0400. The average molecular weight is 180 g/mol. The van der Waals surface area contributed by atoms with Gasteiger partial charge in [0, 0.05) is 0 Å². The van der Waals surface area contributed by atoms with Gasteiger partial charge in [0.25, 0.3) is 0 Å². The van der Waals surface area contributed by atoms with Crippen LogP contribution in [-0.2, 0) is 0 Å². The van der Waals surface area contributed by atoms with E-state index in [1.54, 1.807) is 0 Å². The Morgan fingerprint density at radius 3 is 2.69 bits per heavy atom. The van der Waals surface area contributed by atoms with Crippen LogP contribution in [0.5, 0.6) is 0 Å². The molecular formula is C12H20O. The first-order valence-corrected chi connectivity index (χ1v) is 5.71. The summed E-state index contributed by atoms with van der Waals surface area (Å²) in [6.45, 7) is 4.47. The Labute approximate surface area is 80.5 Å². The maximum Gasteiger partial charge on any atom is 0.0655 e. The molecule has 0 aromatic rings. The average Bonchev–Trinajstić information content (AvgIpc) is 2.19. The van der Waals surface area contributed by atoms with Gasteiger partial charge in [-0.3, -0.25) is 0 Å². The zero-order valence-electron chi connectivity index (χ0n) is 8.71. The first-order chi connectivity index (χ1) is 5.99. The molecule has 1 heteroatoms. The number of fused-ring (bicyclic) bond motifs is 2. The quantitative estimate of drug-likeness (QED) is 0.607. The predicted octanol–water partition coefficient (Wildman–Crippen LogP) is 2.58.